The van der Waals surface area contributed by atoms with Gasteiger partial charge in [0.15, 0.2) is 0 Å². The van der Waals surface area contributed by atoms with E-state index in [1.54, 1.807) is 6.08 Å². The molecule has 1 N–H and O–H groups in total. The van der Waals surface area contributed by atoms with Crippen LogP contribution in [0, 0.1) is 6.92 Å². The summed E-state index contributed by atoms with van der Waals surface area (Å²) in [4.78, 5) is 14.9. The van der Waals surface area contributed by atoms with Gasteiger partial charge in [-0.3, -0.25) is 0 Å². The molecule has 0 bridgehead atoms. The second kappa shape index (κ2) is 5.01. The molecule has 1 aromatic carbocycles. The standard InChI is InChI=1S/C16H18BrNO2/c1-10-11-5-2-3-6-12(11)14(17)15(20)13(10)16(18-9-19)7-4-8-16/h20H,2-8H2,1H3. The predicted octanol–water partition coefficient (Wildman–Crippen LogP) is 4.06. The van der Waals surface area contributed by atoms with Crippen molar-refractivity contribution in [2.75, 3.05) is 0 Å². The van der Waals surface area contributed by atoms with Gasteiger partial charge in [-0.05, 0) is 84.5 Å². The third-order valence-corrected chi connectivity index (χ3v) is 5.77. The Morgan fingerprint density at radius 1 is 1.20 bits per heavy atom. The number of rotatable bonds is 2. The number of aromatic hydroxyl groups is 1. The fraction of sp³-hybridized carbons (Fsp3) is 0.562. The summed E-state index contributed by atoms with van der Waals surface area (Å²) in [6.07, 6.45) is 8.81. The maximum atomic E-state index is 10.8. The summed E-state index contributed by atoms with van der Waals surface area (Å²) in [7, 11) is 0. The molecule has 3 rings (SSSR count). The molecule has 0 amide bonds. The first-order valence-corrected chi connectivity index (χ1v) is 8.02. The summed E-state index contributed by atoms with van der Waals surface area (Å²) in [5, 5.41) is 10.6. The quantitative estimate of drug-likeness (QED) is 0.654. The molecule has 1 aromatic rings. The van der Waals surface area contributed by atoms with E-state index in [0.717, 1.165) is 47.7 Å². The van der Waals surface area contributed by atoms with Crippen LogP contribution in [-0.4, -0.2) is 11.2 Å². The van der Waals surface area contributed by atoms with Gasteiger partial charge in [0.25, 0.3) is 0 Å². The molecule has 20 heavy (non-hydrogen) atoms. The molecule has 3 nitrogen and oxygen atoms in total. The van der Waals surface area contributed by atoms with E-state index in [1.165, 1.54) is 24.0 Å². The van der Waals surface area contributed by atoms with E-state index in [2.05, 4.69) is 27.8 Å². The van der Waals surface area contributed by atoms with E-state index in [4.69, 9.17) is 0 Å². The Morgan fingerprint density at radius 3 is 2.40 bits per heavy atom. The smallest absolute Gasteiger partial charge is 0.235 e. The molecule has 0 spiro atoms. The first-order valence-electron chi connectivity index (χ1n) is 7.23. The highest BCUT2D eigenvalue weighted by Crippen LogP contribution is 2.53. The van der Waals surface area contributed by atoms with Crippen molar-refractivity contribution < 1.29 is 9.90 Å². The zero-order valence-electron chi connectivity index (χ0n) is 11.6. The molecule has 0 aromatic heterocycles. The summed E-state index contributed by atoms with van der Waals surface area (Å²) >= 11 is 3.56. The van der Waals surface area contributed by atoms with Crippen LogP contribution in [-0.2, 0) is 23.2 Å². The van der Waals surface area contributed by atoms with Crippen molar-refractivity contribution >= 4 is 22.0 Å². The van der Waals surface area contributed by atoms with Crippen molar-refractivity contribution in [2.45, 2.75) is 57.4 Å². The lowest BCUT2D eigenvalue weighted by Gasteiger charge is -2.40. The fourth-order valence-electron chi connectivity index (χ4n) is 3.73. The Kier molecular flexibility index (Phi) is 3.47. The highest BCUT2D eigenvalue weighted by molar-refractivity contribution is 9.10. The minimum Gasteiger partial charge on any atom is -0.506 e. The number of phenols is 1. The molecule has 2 aliphatic rings. The fourth-order valence-corrected chi connectivity index (χ4v) is 4.36. The first-order chi connectivity index (χ1) is 9.60. The van der Waals surface area contributed by atoms with Gasteiger partial charge in [-0.2, -0.15) is 4.99 Å². The SMILES string of the molecule is Cc1c2c(c(Br)c(O)c1C1(N=C=O)CCC1)CCCC2. The Morgan fingerprint density at radius 2 is 1.85 bits per heavy atom. The number of benzene rings is 1. The van der Waals surface area contributed by atoms with E-state index in [-0.39, 0.29) is 5.75 Å². The second-order valence-electron chi connectivity index (χ2n) is 5.92. The van der Waals surface area contributed by atoms with Gasteiger partial charge in [0, 0.05) is 5.56 Å². The normalized spacial score (nSPS) is 19.7. The Labute approximate surface area is 127 Å². The molecule has 0 atom stereocenters. The van der Waals surface area contributed by atoms with Gasteiger partial charge in [0.1, 0.15) is 11.3 Å². The van der Waals surface area contributed by atoms with Crippen LogP contribution in [0.5, 0.6) is 5.75 Å². The van der Waals surface area contributed by atoms with E-state index >= 15 is 0 Å². The third-order valence-electron chi connectivity index (χ3n) is 4.91. The van der Waals surface area contributed by atoms with Crippen molar-refractivity contribution in [1.82, 2.24) is 0 Å². The third kappa shape index (κ3) is 1.86. The van der Waals surface area contributed by atoms with Crippen LogP contribution in [0.1, 0.15) is 54.4 Å². The summed E-state index contributed by atoms with van der Waals surface area (Å²) in [5.41, 5.74) is 4.01. The van der Waals surface area contributed by atoms with Crippen LogP contribution in [0.3, 0.4) is 0 Å². The molecule has 0 radical (unpaired) electrons. The maximum absolute atomic E-state index is 10.8. The minimum atomic E-state index is -0.537. The number of phenolic OH excluding ortho intramolecular Hbond substituents is 1. The Balaban J connectivity index is 2.26. The molecule has 0 saturated heterocycles. The number of carbonyl (C=O) groups excluding carboxylic acids is 1. The zero-order valence-corrected chi connectivity index (χ0v) is 13.2. The highest BCUT2D eigenvalue weighted by Gasteiger charge is 2.43. The number of aliphatic imine (C=N–C) groups is 1. The summed E-state index contributed by atoms with van der Waals surface area (Å²) in [6, 6.07) is 0. The molecule has 0 heterocycles. The molecular formula is C16H18BrNO2. The van der Waals surface area contributed by atoms with Crippen LogP contribution >= 0.6 is 15.9 Å². The van der Waals surface area contributed by atoms with Gasteiger partial charge in [0.05, 0.1) is 4.47 Å². The molecule has 106 valence electrons. The summed E-state index contributed by atoms with van der Waals surface area (Å²) in [5.74, 6) is 0.279. The number of hydrogen-bond acceptors (Lipinski definition) is 3. The van der Waals surface area contributed by atoms with Crippen LogP contribution in [0.15, 0.2) is 9.47 Å². The highest BCUT2D eigenvalue weighted by atomic mass is 79.9. The molecule has 2 aliphatic carbocycles. The van der Waals surface area contributed by atoms with Crippen LogP contribution in [0.2, 0.25) is 0 Å². The van der Waals surface area contributed by atoms with Crippen LogP contribution in [0.25, 0.3) is 0 Å². The van der Waals surface area contributed by atoms with Crippen molar-refractivity contribution in [3.8, 4) is 5.75 Å². The monoisotopic (exact) mass is 335 g/mol. The average molecular weight is 336 g/mol. The van der Waals surface area contributed by atoms with Gasteiger partial charge in [-0.25, -0.2) is 4.79 Å². The van der Waals surface area contributed by atoms with E-state index in [1.807, 2.05) is 0 Å². The first kappa shape index (κ1) is 13.8. The molecular weight excluding hydrogens is 318 g/mol. The van der Waals surface area contributed by atoms with E-state index < -0.39 is 5.54 Å². The van der Waals surface area contributed by atoms with Gasteiger partial charge >= 0.3 is 0 Å². The minimum absolute atomic E-state index is 0.279. The van der Waals surface area contributed by atoms with Gasteiger partial charge in [-0.1, -0.05) is 0 Å². The van der Waals surface area contributed by atoms with Crippen molar-refractivity contribution in [3.05, 3.63) is 26.7 Å². The van der Waals surface area contributed by atoms with E-state index in [0.29, 0.717) is 0 Å². The number of hydrogen-bond donors (Lipinski definition) is 1. The Hall–Kier alpha value is -1.12. The van der Waals surface area contributed by atoms with Gasteiger partial charge < -0.3 is 5.11 Å². The lowest BCUT2D eigenvalue weighted by Crippen LogP contribution is -2.33. The average Bonchev–Trinajstić information content (AvgIpc) is 2.42. The summed E-state index contributed by atoms with van der Waals surface area (Å²) in [6.45, 7) is 2.06. The second-order valence-corrected chi connectivity index (χ2v) is 6.71. The molecule has 0 unspecified atom stereocenters. The molecule has 4 heteroatoms. The summed E-state index contributed by atoms with van der Waals surface area (Å²) < 4.78 is 0.806. The molecule has 1 fully saturated rings. The zero-order chi connectivity index (χ0) is 14.3. The van der Waals surface area contributed by atoms with Crippen LogP contribution < -0.4 is 0 Å². The predicted molar refractivity (Wildman–Crippen MR) is 80.8 cm³/mol. The van der Waals surface area contributed by atoms with Crippen molar-refractivity contribution in [3.63, 3.8) is 0 Å². The topological polar surface area (TPSA) is 49.7 Å². The number of nitrogens with zero attached hydrogens (tertiary/aromatic N) is 1. The van der Waals surface area contributed by atoms with Gasteiger partial charge in [0.2, 0.25) is 6.08 Å². The van der Waals surface area contributed by atoms with Crippen LogP contribution in [0.4, 0.5) is 0 Å². The Bertz CT molecular complexity index is 614. The molecule has 1 saturated carbocycles. The van der Waals surface area contributed by atoms with Crippen molar-refractivity contribution in [1.29, 1.82) is 0 Å². The maximum Gasteiger partial charge on any atom is 0.235 e. The molecule has 0 aliphatic heterocycles. The van der Waals surface area contributed by atoms with Crippen molar-refractivity contribution in [2.24, 2.45) is 4.99 Å². The number of isocyanates is 1. The van der Waals surface area contributed by atoms with Gasteiger partial charge in [-0.15, -0.1) is 0 Å². The number of fused-ring (bicyclic) bond motifs is 1. The van der Waals surface area contributed by atoms with E-state index in [9.17, 15) is 9.90 Å². The lowest BCUT2D eigenvalue weighted by atomic mass is 9.69. The number of halogens is 1. The lowest BCUT2D eigenvalue weighted by molar-refractivity contribution is 0.245. The largest absolute Gasteiger partial charge is 0.506 e.